The molecule has 0 aromatic rings. The van der Waals surface area contributed by atoms with Crippen LogP contribution in [-0.4, -0.2) is 76.6 Å². The number of carbonyl (C=O) groups excluding carboxylic acids is 4. The molecular formula is C21H40N6O7. The van der Waals surface area contributed by atoms with Gasteiger partial charge in [-0.05, 0) is 38.6 Å². The average Bonchev–Trinajstić information content (AvgIpc) is 2.76. The van der Waals surface area contributed by atoms with Gasteiger partial charge in [-0.3, -0.25) is 19.2 Å². The highest BCUT2D eigenvalue weighted by Crippen LogP contribution is 2.11. The number of amides is 4. The molecule has 0 saturated carbocycles. The van der Waals surface area contributed by atoms with E-state index in [0.29, 0.717) is 32.2 Å². The second kappa shape index (κ2) is 16.0. The SMILES string of the molecule is CCC(C)C(NC(=O)C(NC(=O)C(N)CCCCN)C(C)O)C(=O)NC(CCC(N)=O)C(=O)O. The molecule has 0 aliphatic heterocycles. The van der Waals surface area contributed by atoms with Crippen LogP contribution < -0.4 is 33.2 Å². The largest absolute Gasteiger partial charge is 0.480 e. The Balaban J connectivity index is 5.40. The molecule has 0 fully saturated rings. The van der Waals surface area contributed by atoms with Crippen molar-refractivity contribution in [3.8, 4) is 0 Å². The minimum Gasteiger partial charge on any atom is -0.480 e. The predicted octanol–water partition coefficient (Wildman–Crippen LogP) is -2.33. The highest BCUT2D eigenvalue weighted by Gasteiger charge is 2.34. The molecule has 0 heterocycles. The van der Waals surface area contributed by atoms with Gasteiger partial charge in [0.1, 0.15) is 18.1 Å². The fourth-order valence-electron chi connectivity index (χ4n) is 3.06. The zero-order valence-corrected chi connectivity index (χ0v) is 20.1. The molecule has 0 rings (SSSR count). The van der Waals surface area contributed by atoms with Crippen LogP contribution in [0.2, 0.25) is 0 Å². The standard InChI is InChI=1S/C21H40N6O7/c1-4-11(2)16(19(31)25-14(21(33)34)8-9-15(24)29)26-20(32)17(12(3)28)27-18(30)13(23)7-5-6-10-22/h11-14,16-17,28H,4-10,22-23H2,1-3H3,(H2,24,29)(H,25,31)(H,26,32)(H,27,30)(H,33,34). The van der Waals surface area contributed by atoms with Crippen molar-refractivity contribution in [2.24, 2.45) is 23.1 Å². The number of hydrogen-bond acceptors (Lipinski definition) is 8. The number of primary amides is 1. The third-order valence-corrected chi connectivity index (χ3v) is 5.46. The maximum Gasteiger partial charge on any atom is 0.326 e. The number of carbonyl (C=O) groups is 5. The van der Waals surface area contributed by atoms with Crippen LogP contribution in [0.4, 0.5) is 0 Å². The first-order chi connectivity index (χ1) is 15.8. The van der Waals surface area contributed by atoms with Gasteiger partial charge in [-0.15, -0.1) is 0 Å². The van der Waals surface area contributed by atoms with Gasteiger partial charge in [0.25, 0.3) is 0 Å². The van der Waals surface area contributed by atoms with E-state index in [1.165, 1.54) is 6.92 Å². The molecule has 0 saturated heterocycles. The van der Waals surface area contributed by atoms with Crippen molar-refractivity contribution in [3.05, 3.63) is 0 Å². The Hall–Kier alpha value is -2.77. The Bertz CT molecular complexity index is 703. The van der Waals surface area contributed by atoms with E-state index in [2.05, 4.69) is 16.0 Å². The third kappa shape index (κ3) is 11.4. The predicted molar refractivity (Wildman–Crippen MR) is 124 cm³/mol. The second-order valence-corrected chi connectivity index (χ2v) is 8.39. The lowest BCUT2D eigenvalue weighted by atomic mass is 9.96. The Morgan fingerprint density at radius 3 is 1.91 bits per heavy atom. The monoisotopic (exact) mass is 488 g/mol. The quantitative estimate of drug-likeness (QED) is 0.102. The molecule has 4 amide bonds. The van der Waals surface area contributed by atoms with Crippen LogP contribution in [0.1, 0.15) is 59.3 Å². The number of aliphatic hydroxyl groups excluding tert-OH is 1. The molecule has 0 aliphatic carbocycles. The molecule has 0 radical (unpaired) electrons. The van der Waals surface area contributed by atoms with Crippen molar-refractivity contribution in [1.29, 1.82) is 0 Å². The topological polar surface area (TPSA) is 240 Å². The van der Waals surface area contributed by atoms with Gasteiger partial charge in [0.05, 0.1) is 12.1 Å². The van der Waals surface area contributed by atoms with E-state index in [1.807, 2.05) is 0 Å². The van der Waals surface area contributed by atoms with Gasteiger partial charge in [-0.1, -0.05) is 26.7 Å². The summed E-state index contributed by atoms with van der Waals surface area (Å²) in [6.45, 7) is 5.20. The highest BCUT2D eigenvalue weighted by molar-refractivity contribution is 5.94. The third-order valence-electron chi connectivity index (χ3n) is 5.46. The molecule has 0 aromatic carbocycles. The summed E-state index contributed by atoms with van der Waals surface area (Å²) in [6, 6.07) is -4.85. The van der Waals surface area contributed by atoms with E-state index < -0.39 is 65.8 Å². The zero-order valence-electron chi connectivity index (χ0n) is 20.1. The number of aliphatic hydroxyl groups is 1. The summed E-state index contributed by atoms with van der Waals surface area (Å²) in [5.41, 5.74) is 16.3. The number of nitrogens with one attached hydrogen (secondary N) is 3. The summed E-state index contributed by atoms with van der Waals surface area (Å²) in [6.07, 6.45) is 0.331. The summed E-state index contributed by atoms with van der Waals surface area (Å²) in [5, 5.41) is 26.6. The van der Waals surface area contributed by atoms with Crippen LogP contribution >= 0.6 is 0 Å². The van der Waals surface area contributed by atoms with Crippen molar-refractivity contribution in [2.75, 3.05) is 6.54 Å². The van der Waals surface area contributed by atoms with Gasteiger partial charge in [0, 0.05) is 6.42 Å². The Labute approximate surface area is 199 Å². The summed E-state index contributed by atoms with van der Waals surface area (Å²) in [5.74, 6) is -4.75. The van der Waals surface area contributed by atoms with E-state index in [0.717, 1.165) is 0 Å². The number of aliphatic carboxylic acids is 1. The first-order valence-corrected chi connectivity index (χ1v) is 11.4. The summed E-state index contributed by atoms with van der Waals surface area (Å²) >= 11 is 0. The van der Waals surface area contributed by atoms with Crippen LogP contribution in [-0.2, 0) is 24.0 Å². The van der Waals surface area contributed by atoms with Crippen molar-refractivity contribution in [2.45, 2.75) is 89.6 Å². The minimum absolute atomic E-state index is 0.216. The molecule has 13 nitrogen and oxygen atoms in total. The summed E-state index contributed by atoms with van der Waals surface area (Å²) in [7, 11) is 0. The van der Waals surface area contributed by atoms with Gasteiger partial charge >= 0.3 is 5.97 Å². The summed E-state index contributed by atoms with van der Waals surface area (Å²) in [4.78, 5) is 60.5. The van der Waals surface area contributed by atoms with Crippen molar-refractivity contribution >= 4 is 29.6 Å². The maximum atomic E-state index is 12.9. The lowest BCUT2D eigenvalue weighted by Crippen LogP contribution is -2.61. The molecule has 0 spiro atoms. The normalized spacial score (nSPS) is 16.3. The van der Waals surface area contributed by atoms with Gasteiger partial charge < -0.3 is 43.4 Å². The van der Waals surface area contributed by atoms with Crippen LogP contribution in [0.3, 0.4) is 0 Å². The highest BCUT2D eigenvalue weighted by atomic mass is 16.4. The summed E-state index contributed by atoms with van der Waals surface area (Å²) < 4.78 is 0. The van der Waals surface area contributed by atoms with Crippen molar-refractivity contribution < 1.29 is 34.2 Å². The molecule has 13 heteroatoms. The molecule has 11 N–H and O–H groups in total. The van der Waals surface area contributed by atoms with Crippen LogP contribution in [0, 0.1) is 5.92 Å². The minimum atomic E-state index is -1.39. The van der Waals surface area contributed by atoms with Crippen molar-refractivity contribution in [1.82, 2.24) is 16.0 Å². The molecule has 0 bridgehead atoms. The Kier molecular flexibility index (Phi) is 14.7. The fraction of sp³-hybridized carbons (Fsp3) is 0.762. The number of carboxylic acid groups (broad SMARTS) is 1. The van der Waals surface area contributed by atoms with E-state index in [9.17, 15) is 34.2 Å². The number of rotatable bonds is 17. The number of unbranched alkanes of at least 4 members (excludes halogenated alkanes) is 1. The van der Waals surface area contributed by atoms with E-state index in [1.54, 1.807) is 13.8 Å². The van der Waals surface area contributed by atoms with Gasteiger partial charge in [-0.2, -0.15) is 0 Å². The van der Waals surface area contributed by atoms with Crippen LogP contribution in [0.15, 0.2) is 0 Å². The Morgan fingerprint density at radius 1 is 0.882 bits per heavy atom. The smallest absolute Gasteiger partial charge is 0.326 e. The Morgan fingerprint density at radius 2 is 1.44 bits per heavy atom. The zero-order chi connectivity index (χ0) is 26.4. The molecule has 6 atom stereocenters. The number of hydrogen-bond donors (Lipinski definition) is 8. The molecule has 0 aliphatic rings. The lowest BCUT2D eigenvalue weighted by molar-refractivity contribution is -0.143. The van der Waals surface area contributed by atoms with E-state index in [4.69, 9.17) is 17.2 Å². The molecule has 6 unspecified atom stereocenters. The molecule has 34 heavy (non-hydrogen) atoms. The maximum absolute atomic E-state index is 12.9. The van der Waals surface area contributed by atoms with Crippen molar-refractivity contribution in [3.63, 3.8) is 0 Å². The van der Waals surface area contributed by atoms with Crippen LogP contribution in [0.25, 0.3) is 0 Å². The number of carboxylic acids is 1. The molecule has 196 valence electrons. The molecular weight excluding hydrogens is 448 g/mol. The first-order valence-electron chi connectivity index (χ1n) is 11.4. The first kappa shape index (κ1) is 31.2. The van der Waals surface area contributed by atoms with E-state index >= 15 is 0 Å². The van der Waals surface area contributed by atoms with Gasteiger partial charge in [0.2, 0.25) is 23.6 Å². The molecule has 0 aromatic heterocycles. The van der Waals surface area contributed by atoms with Gasteiger partial charge in [-0.25, -0.2) is 4.79 Å². The lowest BCUT2D eigenvalue weighted by Gasteiger charge is -2.29. The van der Waals surface area contributed by atoms with E-state index in [-0.39, 0.29) is 12.8 Å². The van der Waals surface area contributed by atoms with Gasteiger partial charge in [0.15, 0.2) is 0 Å². The average molecular weight is 489 g/mol. The fourth-order valence-corrected chi connectivity index (χ4v) is 3.06. The second-order valence-electron chi connectivity index (χ2n) is 8.39. The van der Waals surface area contributed by atoms with Crippen LogP contribution in [0.5, 0.6) is 0 Å². The number of nitrogens with two attached hydrogens (primary N) is 3.